The van der Waals surface area contributed by atoms with E-state index < -0.39 is 6.10 Å². The fourth-order valence-corrected chi connectivity index (χ4v) is 1.07. The molecule has 0 aromatic carbocycles. The molecule has 0 rings (SSSR count). The summed E-state index contributed by atoms with van der Waals surface area (Å²) >= 11 is 0. The first-order valence-electron chi connectivity index (χ1n) is 5.54. The molecule has 0 amide bonds. The van der Waals surface area contributed by atoms with E-state index in [1.165, 1.54) is 0 Å². The van der Waals surface area contributed by atoms with Gasteiger partial charge >= 0.3 is 0 Å². The lowest BCUT2D eigenvalue weighted by Crippen LogP contribution is -2.15. The van der Waals surface area contributed by atoms with Gasteiger partial charge in [-0.15, -0.1) is 6.58 Å². The van der Waals surface area contributed by atoms with Gasteiger partial charge in [-0.3, -0.25) is 0 Å². The van der Waals surface area contributed by atoms with Crippen LogP contribution < -0.4 is 0 Å². The highest BCUT2D eigenvalue weighted by molar-refractivity contribution is 5.19. The fourth-order valence-electron chi connectivity index (χ4n) is 1.07. The Morgan fingerprint density at radius 2 is 2.19 bits per heavy atom. The van der Waals surface area contributed by atoms with Crippen LogP contribution in [0.4, 0.5) is 0 Å². The second-order valence-corrected chi connectivity index (χ2v) is 3.58. The van der Waals surface area contributed by atoms with Crippen molar-refractivity contribution in [1.82, 2.24) is 0 Å². The van der Waals surface area contributed by atoms with Gasteiger partial charge in [-0.05, 0) is 25.3 Å². The van der Waals surface area contributed by atoms with Crippen molar-refractivity contribution in [2.45, 2.75) is 25.9 Å². The minimum atomic E-state index is -0.412. The van der Waals surface area contributed by atoms with Crippen LogP contribution in [0.25, 0.3) is 0 Å². The first-order valence-corrected chi connectivity index (χ1v) is 5.54. The number of aliphatic hydroxyl groups is 1. The maximum absolute atomic E-state index is 9.48. The van der Waals surface area contributed by atoms with Crippen molar-refractivity contribution < 1.29 is 9.84 Å². The molecule has 1 N–H and O–H groups in total. The van der Waals surface area contributed by atoms with Crippen LogP contribution in [0.15, 0.2) is 49.1 Å². The van der Waals surface area contributed by atoms with Gasteiger partial charge in [0, 0.05) is 0 Å². The Morgan fingerprint density at radius 1 is 1.44 bits per heavy atom. The lowest BCUT2D eigenvalue weighted by atomic mass is 10.2. The molecule has 0 aliphatic carbocycles. The number of allylic oxidation sites excluding steroid dienone is 4. The predicted octanol–water partition coefficient (Wildman–Crippen LogP) is 3.02. The van der Waals surface area contributed by atoms with E-state index in [0.717, 1.165) is 12.0 Å². The fraction of sp³-hybridized carbons (Fsp3) is 0.429. The van der Waals surface area contributed by atoms with Crippen LogP contribution in [0, 0.1) is 0 Å². The quantitative estimate of drug-likeness (QED) is 0.480. The second-order valence-electron chi connectivity index (χ2n) is 3.58. The average molecular weight is 222 g/mol. The number of aliphatic hydroxyl groups excluding tert-OH is 1. The lowest BCUT2D eigenvalue weighted by Gasteiger charge is -2.09. The monoisotopic (exact) mass is 222 g/mol. The summed E-state index contributed by atoms with van der Waals surface area (Å²) in [7, 11) is 0. The van der Waals surface area contributed by atoms with Crippen LogP contribution in [0.5, 0.6) is 0 Å². The number of ether oxygens (including phenoxy) is 1. The Bertz CT molecular complexity index is 251. The lowest BCUT2D eigenvalue weighted by molar-refractivity contribution is 0.0435. The van der Waals surface area contributed by atoms with E-state index in [1.54, 1.807) is 6.08 Å². The molecule has 0 aromatic heterocycles. The first kappa shape index (κ1) is 14.9. The van der Waals surface area contributed by atoms with Crippen molar-refractivity contribution in [3.63, 3.8) is 0 Å². The van der Waals surface area contributed by atoms with Crippen LogP contribution >= 0.6 is 0 Å². The minimum Gasteiger partial charge on any atom is -0.391 e. The number of hydrogen-bond acceptors (Lipinski definition) is 2. The Balaban J connectivity index is 3.57. The molecule has 0 saturated carbocycles. The van der Waals surface area contributed by atoms with Crippen LogP contribution in [0.1, 0.15) is 19.8 Å². The van der Waals surface area contributed by atoms with Gasteiger partial charge in [-0.1, -0.05) is 37.0 Å². The van der Waals surface area contributed by atoms with Crippen molar-refractivity contribution in [2.24, 2.45) is 0 Å². The van der Waals surface area contributed by atoms with E-state index in [9.17, 15) is 5.11 Å². The summed E-state index contributed by atoms with van der Waals surface area (Å²) in [5.74, 6) is 0. The summed E-state index contributed by atoms with van der Waals surface area (Å²) in [4.78, 5) is 0. The van der Waals surface area contributed by atoms with Crippen molar-refractivity contribution in [3.8, 4) is 0 Å². The van der Waals surface area contributed by atoms with E-state index in [2.05, 4.69) is 13.2 Å². The van der Waals surface area contributed by atoms with Crippen LogP contribution in [0.3, 0.4) is 0 Å². The first-order chi connectivity index (χ1) is 7.70. The van der Waals surface area contributed by atoms with Gasteiger partial charge in [0.2, 0.25) is 0 Å². The molecule has 2 heteroatoms. The summed E-state index contributed by atoms with van der Waals surface area (Å²) in [5, 5.41) is 9.48. The molecule has 2 nitrogen and oxygen atoms in total. The SMILES string of the molecule is C=CCCC(O)COCC(=C)C=CC=CC. The summed E-state index contributed by atoms with van der Waals surface area (Å²) in [5.41, 5.74) is 0.897. The standard InChI is InChI=1S/C14H22O2/c1-4-6-8-9-13(3)11-16-12-14(15)10-7-5-2/h4-6,8-9,14-15H,2-3,7,10-12H2,1H3. The van der Waals surface area contributed by atoms with E-state index in [1.807, 2.05) is 31.2 Å². The number of hydrogen-bond donors (Lipinski definition) is 1. The van der Waals surface area contributed by atoms with Gasteiger partial charge in [0.15, 0.2) is 0 Å². The predicted molar refractivity (Wildman–Crippen MR) is 69.4 cm³/mol. The molecule has 0 bridgehead atoms. The Morgan fingerprint density at radius 3 is 2.81 bits per heavy atom. The van der Waals surface area contributed by atoms with Gasteiger partial charge < -0.3 is 9.84 Å². The van der Waals surface area contributed by atoms with Crippen LogP contribution in [-0.2, 0) is 4.74 Å². The molecule has 0 radical (unpaired) electrons. The van der Waals surface area contributed by atoms with E-state index >= 15 is 0 Å². The Labute approximate surface area is 98.6 Å². The van der Waals surface area contributed by atoms with E-state index in [4.69, 9.17) is 4.74 Å². The molecular formula is C14H22O2. The largest absolute Gasteiger partial charge is 0.391 e. The highest BCUT2D eigenvalue weighted by atomic mass is 16.5. The minimum absolute atomic E-state index is 0.352. The zero-order chi connectivity index (χ0) is 12.2. The van der Waals surface area contributed by atoms with Gasteiger partial charge in [0.1, 0.15) is 0 Å². The van der Waals surface area contributed by atoms with Crippen LogP contribution in [0.2, 0.25) is 0 Å². The maximum atomic E-state index is 9.48. The second kappa shape index (κ2) is 10.4. The molecule has 0 heterocycles. The van der Waals surface area contributed by atoms with E-state index in [-0.39, 0.29) is 0 Å². The topological polar surface area (TPSA) is 29.5 Å². The molecule has 0 saturated heterocycles. The molecule has 1 atom stereocenters. The van der Waals surface area contributed by atoms with Crippen LogP contribution in [-0.4, -0.2) is 24.4 Å². The summed E-state index contributed by atoms with van der Waals surface area (Å²) in [6.45, 7) is 10.2. The molecule has 1 unspecified atom stereocenters. The van der Waals surface area contributed by atoms with Gasteiger partial charge in [0.25, 0.3) is 0 Å². The molecule has 16 heavy (non-hydrogen) atoms. The Kier molecular flexibility index (Phi) is 9.67. The smallest absolute Gasteiger partial charge is 0.0776 e. The van der Waals surface area contributed by atoms with Crippen molar-refractivity contribution >= 4 is 0 Å². The highest BCUT2D eigenvalue weighted by Crippen LogP contribution is 2.00. The van der Waals surface area contributed by atoms with Crippen molar-refractivity contribution in [3.05, 3.63) is 49.1 Å². The molecule has 0 aliphatic heterocycles. The Hall–Kier alpha value is -1.12. The zero-order valence-electron chi connectivity index (χ0n) is 10.1. The molecule has 0 spiro atoms. The molecule has 0 aliphatic rings. The molecule has 0 aromatic rings. The summed E-state index contributed by atoms with van der Waals surface area (Å²) in [6, 6.07) is 0. The third-order valence-corrected chi connectivity index (χ3v) is 1.94. The van der Waals surface area contributed by atoms with Gasteiger partial charge in [-0.25, -0.2) is 0 Å². The molecule has 0 fully saturated rings. The summed E-state index contributed by atoms with van der Waals surface area (Å²) in [6.07, 6.45) is 10.6. The third kappa shape index (κ3) is 9.44. The van der Waals surface area contributed by atoms with Crippen molar-refractivity contribution in [1.29, 1.82) is 0 Å². The summed E-state index contributed by atoms with van der Waals surface area (Å²) < 4.78 is 5.33. The average Bonchev–Trinajstić information content (AvgIpc) is 2.26. The maximum Gasteiger partial charge on any atom is 0.0776 e. The zero-order valence-corrected chi connectivity index (χ0v) is 10.1. The normalized spacial score (nSPS) is 13.4. The highest BCUT2D eigenvalue weighted by Gasteiger charge is 2.02. The van der Waals surface area contributed by atoms with Crippen molar-refractivity contribution in [2.75, 3.05) is 13.2 Å². The number of rotatable bonds is 9. The third-order valence-electron chi connectivity index (χ3n) is 1.94. The molecular weight excluding hydrogens is 200 g/mol. The van der Waals surface area contributed by atoms with E-state index in [0.29, 0.717) is 19.6 Å². The van der Waals surface area contributed by atoms with Gasteiger partial charge in [0.05, 0.1) is 19.3 Å². The van der Waals surface area contributed by atoms with Gasteiger partial charge in [-0.2, -0.15) is 0 Å². The molecule has 90 valence electrons.